The van der Waals surface area contributed by atoms with Crippen molar-refractivity contribution >= 4 is 80.5 Å². The van der Waals surface area contributed by atoms with Gasteiger partial charge in [-0.1, -0.05) is 0 Å². The molecule has 8 heteroatoms. The number of alkyl halides is 4. The average molecular weight is 854 g/mol. The monoisotopic (exact) mass is 849 g/mol. The molecule has 0 radical (unpaired) electrons. The van der Waals surface area contributed by atoms with E-state index < -0.39 is 30.1 Å². The topological polar surface area (TPSA) is 0 Å². The Kier molecular flexibility index (Phi) is 9.78. The summed E-state index contributed by atoms with van der Waals surface area (Å²) in [6.45, 7) is 17.9. The molecule has 0 heterocycles. The minimum atomic E-state index is -5.09. The van der Waals surface area contributed by atoms with Gasteiger partial charge in [-0.05, 0) is 0 Å². The van der Waals surface area contributed by atoms with E-state index in [-0.39, 0.29) is 7.25 Å². The number of benzene rings is 4. The molecular formula is C40H41Cl6SiZr. The second-order valence-corrected chi connectivity index (χ2v) is 59.3. The molecule has 0 amide bonds. The van der Waals surface area contributed by atoms with Gasteiger partial charge in [-0.15, -0.1) is 0 Å². The third-order valence-electron chi connectivity index (χ3n) is 11.5. The van der Waals surface area contributed by atoms with Crippen LogP contribution in [0.4, 0.5) is 0 Å². The molecule has 0 aromatic heterocycles. The Morgan fingerprint density at radius 2 is 0.854 bits per heavy atom. The van der Waals surface area contributed by atoms with Crippen LogP contribution < -0.4 is 0 Å². The van der Waals surface area contributed by atoms with Crippen LogP contribution in [0.5, 0.6) is 0 Å². The van der Waals surface area contributed by atoms with Crippen LogP contribution in [0.3, 0.4) is 0 Å². The maximum absolute atomic E-state index is 8.67. The van der Waals surface area contributed by atoms with Gasteiger partial charge in [0.05, 0.1) is 0 Å². The number of hydrogen-bond donors (Lipinski definition) is 0. The molecule has 0 fully saturated rings. The van der Waals surface area contributed by atoms with Crippen molar-refractivity contribution in [3.8, 4) is 0 Å². The SMILES string of the molecule is CC1=C(C)[CH]([Zr]([Cl])([Cl])([CH]2C(C)=C(C)c3c(C(Cl)(Cl)c4ccccc4)ccc(C)c32)[SiH](C)C)c2c(C)ccc(C(Cl)(Cl)c3ccccc3)c21. The summed E-state index contributed by atoms with van der Waals surface area (Å²) in [5, 5.41) is 0. The molecule has 0 nitrogen and oxygen atoms in total. The van der Waals surface area contributed by atoms with E-state index in [0.717, 1.165) is 44.5 Å². The molecular weight excluding hydrogens is 812 g/mol. The van der Waals surface area contributed by atoms with Gasteiger partial charge in [0.15, 0.2) is 0 Å². The molecule has 2 atom stereocenters. The zero-order valence-corrected chi connectivity index (χ0v) is 36.7. The van der Waals surface area contributed by atoms with Gasteiger partial charge in [-0.3, -0.25) is 0 Å². The summed E-state index contributed by atoms with van der Waals surface area (Å²) in [5.41, 5.74) is 15.1. The summed E-state index contributed by atoms with van der Waals surface area (Å²) >= 11 is 24.2. The molecule has 0 bridgehead atoms. The van der Waals surface area contributed by atoms with Gasteiger partial charge >= 0.3 is 318 Å². The van der Waals surface area contributed by atoms with E-state index in [2.05, 4.69) is 78.9 Å². The van der Waals surface area contributed by atoms with Crippen molar-refractivity contribution in [2.45, 2.75) is 70.6 Å². The second-order valence-electron chi connectivity index (χ2n) is 14.2. The van der Waals surface area contributed by atoms with E-state index in [9.17, 15) is 0 Å². The summed E-state index contributed by atoms with van der Waals surface area (Å²) in [4.78, 5) is 0. The zero-order valence-electron chi connectivity index (χ0n) is 28.6. The Hall–Kier alpha value is -0.800. The Morgan fingerprint density at radius 1 is 0.521 bits per heavy atom. The predicted molar refractivity (Wildman–Crippen MR) is 213 cm³/mol. The maximum atomic E-state index is 8.67. The molecule has 4 aromatic rings. The molecule has 0 saturated carbocycles. The Bertz CT molecular complexity index is 1870. The predicted octanol–water partition coefficient (Wildman–Crippen LogP) is 14.0. The van der Waals surface area contributed by atoms with Gasteiger partial charge < -0.3 is 0 Å². The molecule has 0 aliphatic heterocycles. The van der Waals surface area contributed by atoms with Gasteiger partial charge in [0.25, 0.3) is 0 Å². The van der Waals surface area contributed by atoms with Crippen LogP contribution in [0.25, 0.3) is 11.1 Å². The van der Waals surface area contributed by atoms with Gasteiger partial charge in [-0.2, -0.15) is 0 Å². The first-order chi connectivity index (χ1) is 22.4. The van der Waals surface area contributed by atoms with Crippen molar-refractivity contribution in [3.05, 3.63) is 152 Å². The quantitative estimate of drug-likeness (QED) is 0.128. The molecule has 2 unspecified atom stereocenters. The molecule has 2 aliphatic rings. The van der Waals surface area contributed by atoms with Crippen molar-refractivity contribution in [2.24, 2.45) is 0 Å². The van der Waals surface area contributed by atoms with Gasteiger partial charge in [0, 0.05) is 0 Å². The number of rotatable bonds is 7. The van der Waals surface area contributed by atoms with Crippen molar-refractivity contribution < 1.29 is 15.6 Å². The third-order valence-corrected chi connectivity index (χ3v) is 65.2. The van der Waals surface area contributed by atoms with Crippen LogP contribution >= 0.6 is 63.4 Å². The van der Waals surface area contributed by atoms with Crippen LogP contribution in [0, 0.1) is 13.8 Å². The average Bonchev–Trinajstić information content (AvgIpc) is 3.49. The van der Waals surface area contributed by atoms with Gasteiger partial charge in [0.2, 0.25) is 0 Å². The standard InChI is InChI=1S/2C19H17Cl2.C2H7Si.2ClH.Zr/c2*1-12-9-10-17(18-14(3)13(2)11-16(12)18)19(20,21)15-7-5-4-6-8-15;1-3-2;;;/h2*4-11H,1-3H3;3H,1-2H3;2*1H;/q;;;;;+2/p-2. The number of halogens is 6. The molecule has 2 aliphatic carbocycles. The number of aryl methyl sites for hydroxylation is 2. The molecule has 251 valence electrons. The molecule has 0 spiro atoms. The summed E-state index contributed by atoms with van der Waals surface area (Å²) in [6.07, 6.45) is 0. The molecule has 48 heavy (non-hydrogen) atoms. The number of hydrogen-bond acceptors (Lipinski definition) is 0. The first-order valence-corrected chi connectivity index (χ1v) is 34.3. The van der Waals surface area contributed by atoms with E-state index in [1.54, 1.807) is 0 Å². The van der Waals surface area contributed by atoms with Gasteiger partial charge in [0.1, 0.15) is 0 Å². The number of fused-ring (bicyclic) bond motifs is 2. The van der Waals surface area contributed by atoms with Crippen molar-refractivity contribution in [2.75, 3.05) is 0 Å². The first-order valence-electron chi connectivity index (χ1n) is 16.5. The second kappa shape index (κ2) is 12.7. The molecule has 6 rings (SSSR count). The van der Waals surface area contributed by atoms with Crippen molar-refractivity contribution in [1.29, 1.82) is 0 Å². The normalized spacial score (nSPS) is 19.1. The van der Waals surface area contributed by atoms with E-state index in [0.29, 0.717) is 0 Å². The van der Waals surface area contributed by atoms with Crippen LogP contribution in [0.1, 0.15) is 90.6 Å². The van der Waals surface area contributed by atoms with E-state index in [1.807, 2.05) is 60.7 Å². The Balaban J connectivity index is 1.64. The van der Waals surface area contributed by atoms with E-state index in [1.165, 1.54) is 33.4 Å². The van der Waals surface area contributed by atoms with Crippen molar-refractivity contribution in [3.63, 3.8) is 0 Å². The molecule has 4 aromatic carbocycles. The minimum absolute atomic E-state index is 0.107. The molecule has 0 saturated heterocycles. The number of allylic oxidation sites excluding steroid dienone is 4. The first kappa shape index (κ1) is 37.0. The third kappa shape index (κ3) is 5.29. The van der Waals surface area contributed by atoms with Crippen LogP contribution in [0.2, 0.25) is 13.1 Å². The Labute approximate surface area is 315 Å². The summed E-state index contributed by atoms with van der Waals surface area (Å²) in [7, 11) is 17.3. The van der Waals surface area contributed by atoms with Crippen LogP contribution in [-0.4, -0.2) is 5.92 Å². The fraction of sp³-hybridized carbons (Fsp3) is 0.300. The zero-order chi connectivity index (χ0) is 35.2. The summed E-state index contributed by atoms with van der Waals surface area (Å²) in [5.74, 6) is -1.81. The van der Waals surface area contributed by atoms with E-state index in [4.69, 9.17) is 63.4 Å². The molecule has 0 N–H and O–H groups in total. The fourth-order valence-corrected chi connectivity index (χ4v) is 42.8. The summed E-state index contributed by atoms with van der Waals surface area (Å²) in [6, 6.07) is 28.2. The van der Waals surface area contributed by atoms with E-state index >= 15 is 0 Å². The van der Waals surface area contributed by atoms with Crippen LogP contribution in [0.15, 0.2) is 96.1 Å². The fourth-order valence-electron chi connectivity index (χ4n) is 8.60. The Morgan fingerprint density at radius 3 is 1.17 bits per heavy atom. The van der Waals surface area contributed by atoms with Gasteiger partial charge in [-0.25, -0.2) is 0 Å². The summed E-state index contributed by atoms with van der Waals surface area (Å²) < 4.78 is -2.73. The van der Waals surface area contributed by atoms with Crippen LogP contribution in [-0.2, 0) is 24.2 Å². The van der Waals surface area contributed by atoms with Crippen molar-refractivity contribution in [1.82, 2.24) is 0 Å².